The van der Waals surface area contributed by atoms with Crippen LogP contribution in [-0.4, -0.2) is 51.5 Å². The Morgan fingerprint density at radius 1 is 1.32 bits per heavy atom. The molecule has 1 amide bonds. The number of aliphatic carboxylic acids is 1. The van der Waals surface area contributed by atoms with Gasteiger partial charge in [-0.05, 0) is 40.0 Å². The summed E-state index contributed by atoms with van der Waals surface area (Å²) in [4.78, 5) is 24.4. The summed E-state index contributed by atoms with van der Waals surface area (Å²) in [6, 6.07) is -0.713. The van der Waals surface area contributed by atoms with Crippen LogP contribution in [0.5, 0.6) is 0 Å². The SMILES string of the molecule is CC(C)(C)OC(=O)N1CCCCC(O)C1CC(=O)O. The predicted molar refractivity (Wildman–Crippen MR) is 68.8 cm³/mol. The Bertz CT molecular complexity index is 336. The van der Waals surface area contributed by atoms with Crippen LogP contribution in [0.4, 0.5) is 4.79 Å². The van der Waals surface area contributed by atoms with Crippen LogP contribution in [0.15, 0.2) is 0 Å². The quantitative estimate of drug-likeness (QED) is 0.798. The molecule has 1 aliphatic heterocycles. The summed E-state index contributed by atoms with van der Waals surface area (Å²) < 4.78 is 5.28. The van der Waals surface area contributed by atoms with Gasteiger partial charge in [-0.2, -0.15) is 0 Å². The topological polar surface area (TPSA) is 87.1 Å². The van der Waals surface area contributed by atoms with E-state index in [4.69, 9.17) is 9.84 Å². The molecule has 1 aliphatic rings. The molecular formula is C13H23NO5. The van der Waals surface area contributed by atoms with Gasteiger partial charge in [0.2, 0.25) is 0 Å². The Balaban J connectivity index is 2.84. The summed E-state index contributed by atoms with van der Waals surface area (Å²) in [5, 5.41) is 18.9. The smallest absolute Gasteiger partial charge is 0.410 e. The molecule has 1 saturated heterocycles. The molecule has 1 rings (SSSR count). The number of rotatable bonds is 2. The van der Waals surface area contributed by atoms with E-state index in [1.54, 1.807) is 20.8 Å². The molecule has 2 atom stereocenters. The first-order valence-corrected chi connectivity index (χ1v) is 6.60. The van der Waals surface area contributed by atoms with Gasteiger partial charge in [-0.1, -0.05) is 0 Å². The Kier molecular flexibility index (Phi) is 5.17. The summed E-state index contributed by atoms with van der Waals surface area (Å²) in [7, 11) is 0. The average molecular weight is 273 g/mol. The number of hydrogen-bond acceptors (Lipinski definition) is 4. The van der Waals surface area contributed by atoms with Gasteiger partial charge in [0.25, 0.3) is 0 Å². The standard InChI is InChI=1S/C13H23NO5/c1-13(2,3)19-12(18)14-7-5-4-6-10(15)9(14)8-11(16)17/h9-10,15H,4-8H2,1-3H3,(H,16,17). The van der Waals surface area contributed by atoms with E-state index in [0.29, 0.717) is 13.0 Å². The van der Waals surface area contributed by atoms with E-state index in [-0.39, 0.29) is 6.42 Å². The van der Waals surface area contributed by atoms with Crippen LogP contribution in [0.1, 0.15) is 46.5 Å². The van der Waals surface area contributed by atoms with Crippen molar-refractivity contribution in [1.29, 1.82) is 0 Å². The number of aliphatic hydroxyl groups is 1. The second-order valence-electron chi connectivity index (χ2n) is 5.90. The van der Waals surface area contributed by atoms with Crippen LogP contribution in [0.3, 0.4) is 0 Å². The van der Waals surface area contributed by atoms with Crippen LogP contribution < -0.4 is 0 Å². The number of aliphatic hydroxyl groups excluding tert-OH is 1. The van der Waals surface area contributed by atoms with Gasteiger partial charge in [-0.3, -0.25) is 4.79 Å². The lowest BCUT2D eigenvalue weighted by Gasteiger charge is -2.33. The molecule has 2 N–H and O–H groups in total. The number of carboxylic acid groups (broad SMARTS) is 1. The Morgan fingerprint density at radius 3 is 2.47 bits per heavy atom. The zero-order valence-corrected chi connectivity index (χ0v) is 11.8. The molecule has 1 fully saturated rings. The van der Waals surface area contributed by atoms with Crippen molar-refractivity contribution in [2.75, 3.05) is 6.54 Å². The van der Waals surface area contributed by atoms with Crippen molar-refractivity contribution < 1.29 is 24.5 Å². The number of carboxylic acids is 1. The molecule has 0 bridgehead atoms. The van der Waals surface area contributed by atoms with E-state index in [1.165, 1.54) is 4.90 Å². The second kappa shape index (κ2) is 6.23. The van der Waals surface area contributed by atoms with Gasteiger partial charge in [0, 0.05) is 6.54 Å². The number of carbonyl (C=O) groups is 2. The third kappa shape index (κ3) is 5.06. The molecule has 0 aromatic heterocycles. The van der Waals surface area contributed by atoms with Crippen molar-refractivity contribution in [2.24, 2.45) is 0 Å². The maximum atomic E-state index is 12.1. The highest BCUT2D eigenvalue weighted by atomic mass is 16.6. The van der Waals surface area contributed by atoms with Gasteiger partial charge in [0.05, 0.1) is 18.6 Å². The first-order valence-electron chi connectivity index (χ1n) is 6.60. The lowest BCUT2D eigenvalue weighted by Crippen LogP contribution is -2.48. The van der Waals surface area contributed by atoms with Gasteiger partial charge in [-0.25, -0.2) is 4.79 Å². The number of ether oxygens (including phenoxy) is 1. The number of nitrogens with zero attached hydrogens (tertiary/aromatic N) is 1. The number of carbonyl (C=O) groups excluding carboxylic acids is 1. The zero-order valence-electron chi connectivity index (χ0n) is 11.8. The van der Waals surface area contributed by atoms with E-state index in [1.807, 2.05) is 0 Å². The zero-order chi connectivity index (χ0) is 14.6. The molecule has 0 aliphatic carbocycles. The number of likely N-dealkylation sites (tertiary alicyclic amines) is 1. The van der Waals surface area contributed by atoms with E-state index < -0.39 is 29.8 Å². The minimum atomic E-state index is -1.03. The average Bonchev–Trinajstić information content (AvgIpc) is 2.39. The summed E-state index contributed by atoms with van der Waals surface area (Å²) >= 11 is 0. The monoisotopic (exact) mass is 273 g/mol. The van der Waals surface area contributed by atoms with Gasteiger partial charge < -0.3 is 19.8 Å². The molecule has 0 radical (unpaired) electrons. The first kappa shape index (κ1) is 15.8. The Morgan fingerprint density at radius 2 is 1.95 bits per heavy atom. The van der Waals surface area contributed by atoms with Crippen molar-refractivity contribution in [2.45, 2.75) is 64.2 Å². The van der Waals surface area contributed by atoms with Gasteiger partial charge in [0.1, 0.15) is 5.60 Å². The molecule has 6 nitrogen and oxygen atoms in total. The van der Waals surface area contributed by atoms with E-state index in [9.17, 15) is 14.7 Å². The normalized spacial score (nSPS) is 24.7. The fourth-order valence-corrected chi connectivity index (χ4v) is 2.17. The maximum absolute atomic E-state index is 12.1. The third-order valence-corrected chi connectivity index (χ3v) is 3.01. The lowest BCUT2D eigenvalue weighted by atomic mass is 10.0. The second-order valence-corrected chi connectivity index (χ2v) is 5.90. The molecule has 0 spiro atoms. The highest BCUT2D eigenvalue weighted by Gasteiger charge is 2.35. The minimum Gasteiger partial charge on any atom is -0.481 e. The summed E-state index contributed by atoms with van der Waals surface area (Å²) in [6.45, 7) is 5.69. The highest BCUT2D eigenvalue weighted by Crippen LogP contribution is 2.22. The van der Waals surface area contributed by atoms with Gasteiger partial charge in [-0.15, -0.1) is 0 Å². The molecule has 2 unspecified atom stereocenters. The van der Waals surface area contributed by atoms with Crippen molar-refractivity contribution in [3.63, 3.8) is 0 Å². The first-order chi connectivity index (χ1) is 8.70. The summed E-state index contributed by atoms with van der Waals surface area (Å²) in [5.41, 5.74) is -0.637. The molecular weight excluding hydrogens is 250 g/mol. The minimum absolute atomic E-state index is 0.263. The fraction of sp³-hybridized carbons (Fsp3) is 0.846. The van der Waals surface area contributed by atoms with E-state index in [2.05, 4.69) is 0 Å². The number of amides is 1. The molecule has 0 aromatic rings. The highest BCUT2D eigenvalue weighted by molar-refractivity contribution is 5.72. The predicted octanol–water partition coefficient (Wildman–Crippen LogP) is 1.61. The lowest BCUT2D eigenvalue weighted by molar-refractivity contribution is -0.139. The van der Waals surface area contributed by atoms with Gasteiger partial charge in [0.15, 0.2) is 0 Å². The van der Waals surface area contributed by atoms with Crippen molar-refractivity contribution in [1.82, 2.24) is 4.90 Å². The van der Waals surface area contributed by atoms with Crippen LogP contribution >= 0.6 is 0 Å². The van der Waals surface area contributed by atoms with Gasteiger partial charge >= 0.3 is 12.1 Å². The molecule has 110 valence electrons. The van der Waals surface area contributed by atoms with Crippen LogP contribution in [-0.2, 0) is 9.53 Å². The Hall–Kier alpha value is -1.30. The van der Waals surface area contributed by atoms with Crippen LogP contribution in [0.25, 0.3) is 0 Å². The molecule has 19 heavy (non-hydrogen) atoms. The molecule has 0 aromatic carbocycles. The van der Waals surface area contributed by atoms with Crippen molar-refractivity contribution in [3.8, 4) is 0 Å². The summed E-state index contributed by atoms with van der Waals surface area (Å²) in [5.74, 6) is -1.03. The molecule has 1 heterocycles. The van der Waals surface area contributed by atoms with E-state index >= 15 is 0 Å². The maximum Gasteiger partial charge on any atom is 0.410 e. The van der Waals surface area contributed by atoms with Crippen molar-refractivity contribution >= 4 is 12.1 Å². The van der Waals surface area contributed by atoms with Crippen molar-refractivity contribution in [3.05, 3.63) is 0 Å². The van der Waals surface area contributed by atoms with Crippen LogP contribution in [0, 0.1) is 0 Å². The summed E-state index contributed by atoms with van der Waals surface area (Å²) in [6.07, 6.45) is 0.395. The molecule has 0 saturated carbocycles. The largest absolute Gasteiger partial charge is 0.481 e. The Labute approximate surface area is 113 Å². The number of hydrogen-bond donors (Lipinski definition) is 2. The van der Waals surface area contributed by atoms with E-state index in [0.717, 1.165) is 12.8 Å². The van der Waals surface area contributed by atoms with Crippen LogP contribution in [0.2, 0.25) is 0 Å². The fourth-order valence-electron chi connectivity index (χ4n) is 2.17. The third-order valence-electron chi connectivity index (χ3n) is 3.01. The molecule has 6 heteroatoms.